The molecule has 142 valence electrons. The van der Waals surface area contributed by atoms with E-state index >= 15 is 0 Å². The fraction of sp³-hybridized carbons (Fsp3) is 0.556. The largest absolute Gasteiger partial charge is 0.396 e. The van der Waals surface area contributed by atoms with Crippen molar-refractivity contribution < 1.29 is 19.7 Å². The summed E-state index contributed by atoms with van der Waals surface area (Å²) in [6.07, 6.45) is -0.0872. The number of anilines is 1. The molecule has 2 heterocycles. The number of imidazole rings is 1. The number of piperidine rings is 1. The van der Waals surface area contributed by atoms with Crippen molar-refractivity contribution in [1.82, 2.24) is 14.5 Å². The highest BCUT2D eigenvalue weighted by Gasteiger charge is 2.30. The van der Waals surface area contributed by atoms with Crippen molar-refractivity contribution in [2.75, 3.05) is 45.3 Å². The number of carbonyl (C=O) groups is 1. The Bertz CT molecular complexity index is 776. The van der Waals surface area contributed by atoms with E-state index in [-0.39, 0.29) is 25.0 Å². The predicted molar refractivity (Wildman–Crippen MR) is 98.2 cm³/mol. The van der Waals surface area contributed by atoms with E-state index in [0.717, 1.165) is 17.0 Å². The van der Waals surface area contributed by atoms with E-state index in [1.807, 2.05) is 17.7 Å². The second kappa shape index (κ2) is 8.03. The van der Waals surface area contributed by atoms with Gasteiger partial charge in [0.1, 0.15) is 0 Å². The lowest BCUT2D eigenvalue weighted by Crippen LogP contribution is -2.47. The number of aliphatic hydroxyl groups excluding tert-OH is 2. The van der Waals surface area contributed by atoms with Gasteiger partial charge in [0.05, 0.1) is 23.7 Å². The summed E-state index contributed by atoms with van der Waals surface area (Å²) in [5.74, 6) is 0.445. The van der Waals surface area contributed by atoms with Crippen LogP contribution < -0.4 is 5.32 Å². The van der Waals surface area contributed by atoms with Crippen molar-refractivity contribution in [1.29, 1.82) is 0 Å². The summed E-state index contributed by atoms with van der Waals surface area (Å²) >= 11 is 0. The maximum absolute atomic E-state index is 12.8. The standard InChI is InChI=1S/C18H26N4O4/c1-21-15-4-3-12(9-14(15)20-18(21)19-6-8-26-2)17(25)22-7-5-13(11-23)16(24)10-22/h3-4,9,13,16,23-24H,5-8,10-11H2,1-2H3,(H,19,20)/t13-,16+/m1/s1. The van der Waals surface area contributed by atoms with Crippen LogP contribution in [0.5, 0.6) is 0 Å². The Labute approximate surface area is 152 Å². The highest BCUT2D eigenvalue weighted by Crippen LogP contribution is 2.23. The number of aliphatic hydroxyl groups is 2. The number of nitrogens with zero attached hydrogens (tertiary/aromatic N) is 3. The van der Waals surface area contributed by atoms with E-state index in [1.54, 1.807) is 24.1 Å². The molecule has 1 amide bonds. The average molecular weight is 362 g/mol. The van der Waals surface area contributed by atoms with Crippen LogP contribution in [-0.4, -0.2) is 76.6 Å². The monoisotopic (exact) mass is 362 g/mol. The minimum Gasteiger partial charge on any atom is -0.396 e. The molecule has 1 saturated heterocycles. The number of likely N-dealkylation sites (tertiary alicyclic amines) is 1. The third-order valence-corrected chi connectivity index (χ3v) is 4.96. The van der Waals surface area contributed by atoms with Gasteiger partial charge < -0.3 is 29.7 Å². The molecule has 1 aromatic carbocycles. The molecule has 26 heavy (non-hydrogen) atoms. The zero-order valence-corrected chi connectivity index (χ0v) is 15.2. The van der Waals surface area contributed by atoms with Crippen molar-refractivity contribution in [2.45, 2.75) is 12.5 Å². The van der Waals surface area contributed by atoms with Gasteiger partial charge in [-0.25, -0.2) is 4.98 Å². The number of methoxy groups -OCH3 is 1. The van der Waals surface area contributed by atoms with E-state index in [2.05, 4.69) is 10.3 Å². The molecule has 0 saturated carbocycles. The third-order valence-electron chi connectivity index (χ3n) is 4.96. The van der Waals surface area contributed by atoms with Crippen LogP contribution >= 0.6 is 0 Å². The van der Waals surface area contributed by atoms with Gasteiger partial charge in [-0.05, 0) is 24.6 Å². The summed E-state index contributed by atoms with van der Waals surface area (Å²) in [6, 6.07) is 5.45. The summed E-state index contributed by atoms with van der Waals surface area (Å²) in [7, 11) is 3.57. The lowest BCUT2D eigenvalue weighted by Gasteiger charge is -2.35. The number of fused-ring (bicyclic) bond motifs is 1. The summed E-state index contributed by atoms with van der Waals surface area (Å²) in [6.45, 7) is 1.96. The Kier molecular flexibility index (Phi) is 5.75. The van der Waals surface area contributed by atoms with Crippen LogP contribution in [0.25, 0.3) is 11.0 Å². The van der Waals surface area contributed by atoms with Gasteiger partial charge in [0.2, 0.25) is 5.95 Å². The first-order chi connectivity index (χ1) is 12.5. The molecule has 3 N–H and O–H groups in total. The predicted octanol–water partition coefficient (Wildman–Crippen LogP) is 0.447. The molecule has 0 unspecified atom stereocenters. The van der Waals surface area contributed by atoms with E-state index in [4.69, 9.17) is 4.74 Å². The van der Waals surface area contributed by atoms with Gasteiger partial charge >= 0.3 is 0 Å². The Morgan fingerprint density at radius 1 is 1.46 bits per heavy atom. The van der Waals surface area contributed by atoms with Gasteiger partial charge in [0.25, 0.3) is 5.91 Å². The van der Waals surface area contributed by atoms with Gasteiger partial charge in [0.15, 0.2) is 0 Å². The molecule has 1 aliphatic heterocycles. The van der Waals surface area contributed by atoms with Gasteiger partial charge in [-0.1, -0.05) is 0 Å². The van der Waals surface area contributed by atoms with Crippen molar-refractivity contribution in [3.63, 3.8) is 0 Å². The Morgan fingerprint density at radius 3 is 2.96 bits per heavy atom. The minimum absolute atomic E-state index is 0.0536. The van der Waals surface area contributed by atoms with E-state index in [1.165, 1.54) is 0 Å². The Morgan fingerprint density at radius 2 is 2.27 bits per heavy atom. The zero-order valence-electron chi connectivity index (χ0n) is 15.2. The first kappa shape index (κ1) is 18.6. The number of hydrogen-bond acceptors (Lipinski definition) is 6. The Hall–Kier alpha value is -2.16. The lowest BCUT2D eigenvalue weighted by atomic mass is 9.94. The summed E-state index contributed by atoms with van der Waals surface area (Å²) in [4.78, 5) is 19.0. The van der Waals surface area contributed by atoms with Crippen molar-refractivity contribution >= 4 is 22.9 Å². The summed E-state index contributed by atoms with van der Waals surface area (Å²) in [5.41, 5.74) is 2.22. The second-order valence-electron chi connectivity index (χ2n) is 6.67. The molecule has 2 aromatic rings. The fourth-order valence-electron chi connectivity index (χ4n) is 3.32. The molecule has 8 heteroatoms. The van der Waals surface area contributed by atoms with Crippen LogP contribution in [0.3, 0.4) is 0 Å². The molecule has 1 aromatic heterocycles. The molecule has 2 atom stereocenters. The number of ether oxygens (including phenoxy) is 1. The quantitative estimate of drug-likeness (QED) is 0.645. The lowest BCUT2D eigenvalue weighted by molar-refractivity contribution is 0.000883. The summed E-state index contributed by atoms with van der Waals surface area (Å²) < 4.78 is 6.97. The van der Waals surface area contributed by atoms with Gasteiger partial charge in [-0.2, -0.15) is 0 Å². The molecule has 1 aliphatic rings. The maximum atomic E-state index is 12.8. The number of benzene rings is 1. The van der Waals surface area contributed by atoms with Gasteiger partial charge in [0, 0.05) is 51.9 Å². The molecule has 0 radical (unpaired) electrons. The van der Waals surface area contributed by atoms with Gasteiger partial charge in [-0.15, -0.1) is 0 Å². The van der Waals surface area contributed by atoms with E-state index in [9.17, 15) is 15.0 Å². The molecule has 1 fully saturated rings. The molecule has 0 aliphatic carbocycles. The molecule has 8 nitrogen and oxygen atoms in total. The van der Waals surface area contributed by atoms with E-state index in [0.29, 0.717) is 31.7 Å². The number of amides is 1. The van der Waals surface area contributed by atoms with Crippen LogP contribution in [0.4, 0.5) is 5.95 Å². The average Bonchev–Trinajstić information content (AvgIpc) is 2.96. The SMILES string of the molecule is COCCNc1nc2cc(C(=O)N3CC[C@H](CO)[C@@H](O)C3)ccc2n1C. The number of β-amino-alcohol motifs (C(OH)–C–C–N with tert-alkyl or cyclic N) is 1. The van der Waals surface area contributed by atoms with Crippen LogP contribution in [-0.2, 0) is 11.8 Å². The maximum Gasteiger partial charge on any atom is 0.254 e. The normalized spacial score (nSPS) is 20.5. The first-order valence-electron chi connectivity index (χ1n) is 8.82. The number of aryl methyl sites for hydroxylation is 1. The number of hydrogen-bond donors (Lipinski definition) is 3. The number of nitrogens with one attached hydrogen (secondary N) is 1. The fourth-order valence-corrected chi connectivity index (χ4v) is 3.32. The van der Waals surface area contributed by atoms with Crippen LogP contribution in [0.15, 0.2) is 18.2 Å². The van der Waals surface area contributed by atoms with Crippen LogP contribution in [0.2, 0.25) is 0 Å². The third kappa shape index (κ3) is 3.67. The molecule has 0 bridgehead atoms. The topological polar surface area (TPSA) is 99.8 Å². The molecular formula is C18H26N4O4. The van der Waals surface area contributed by atoms with Crippen molar-refractivity contribution in [3.8, 4) is 0 Å². The number of carbonyl (C=O) groups excluding carboxylic acids is 1. The minimum atomic E-state index is -0.687. The highest BCUT2D eigenvalue weighted by atomic mass is 16.5. The zero-order chi connectivity index (χ0) is 18.7. The summed E-state index contributed by atoms with van der Waals surface area (Å²) in [5, 5.41) is 22.5. The second-order valence-corrected chi connectivity index (χ2v) is 6.67. The van der Waals surface area contributed by atoms with Crippen molar-refractivity contribution in [3.05, 3.63) is 23.8 Å². The number of rotatable bonds is 6. The van der Waals surface area contributed by atoms with Crippen molar-refractivity contribution in [2.24, 2.45) is 13.0 Å². The Balaban J connectivity index is 1.77. The molecule has 3 rings (SSSR count). The number of aromatic nitrogens is 2. The highest BCUT2D eigenvalue weighted by molar-refractivity contribution is 5.97. The van der Waals surface area contributed by atoms with Crippen LogP contribution in [0, 0.1) is 5.92 Å². The van der Waals surface area contributed by atoms with Gasteiger partial charge in [-0.3, -0.25) is 4.79 Å². The smallest absolute Gasteiger partial charge is 0.254 e. The molecule has 0 spiro atoms. The van der Waals surface area contributed by atoms with Crippen LogP contribution in [0.1, 0.15) is 16.8 Å². The first-order valence-corrected chi connectivity index (χ1v) is 8.82. The van der Waals surface area contributed by atoms with E-state index < -0.39 is 6.10 Å². The molecular weight excluding hydrogens is 336 g/mol.